The molecule has 0 radical (unpaired) electrons. The van der Waals surface area contributed by atoms with Crippen LogP contribution >= 0.6 is 11.6 Å². The average molecular weight is 291 g/mol. The molecular formula is C16H15ClO3. The highest BCUT2D eigenvalue weighted by molar-refractivity contribution is 6.30. The van der Waals surface area contributed by atoms with Crippen LogP contribution in [0.4, 0.5) is 0 Å². The maximum Gasteiger partial charge on any atom is 0.309 e. The smallest absolute Gasteiger partial charge is 0.309 e. The van der Waals surface area contributed by atoms with Gasteiger partial charge >= 0.3 is 5.97 Å². The van der Waals surface area contributed by atoms with E-state index in [0.29, 0.717) is 5.02 Å². The Kier molecular flexibility index (Phi) is 4.64. The highest BCUT2D eigenvalue weighted by Gasteiger charge is 2.11. The first-order valence-corrected chi connectivity index (χ1v) is 6.51. The molecule has 0 fully saturated rings. The first-order valence-electron chi connectivity index (χ1n) is 6.13. The van der Waals surface area contributed by atoms with Crippen LogP contribution in [0.15, 0.2) is 42.5 Å². The van der Waals surface area contributed by atoms with Crippen molar-refractivity contribution in [3.8, 4) is 16.9 Å². The molecule has 0 heterocycles. The summed E-state index contributed by atoms with van der Waals surface area (Å²) in [6.07, 6.45) is 0.221. The van der Waals surface area contributed by atoms with Crippen LogP contribution < -0.4 is 4.74 Å². The molecule has 0 bridgehead atoms. The summed E-state index contributed by atoms with van der Waals surface area (Å²) in [5, 5.41) is 0.672. The second kappa shape index (κ2) is 6.44. The van der Waals surface area contributed by atoms with E-state index in [4.69, 9.17) is 21.1 Å². The van der Waals surface area contributed by atoms with Crippen molar-refractivity contribution in [3.05, 3.63) is 53.1 Å². The van der Waals surface area contributed by atoms with E-state index in [-0.39, 0.29) is 12.4 Å². The van der Waals surface area contributed by atoms with Gasteiger partial charge in [0, 0.05) is 5.02 Å². The summed E-state index contributed by atoms with van der Waals surface area (Å²) in [5.74, 6) is 0.467. The van der Waals surface area contributed by atoms with Gasteiger partial charge in [-0.1, -0.05) is 29.8 Å². The minimum absolute atomic E-state index is 0.221. The van der Waals surface area contributed by atoms with E-state index < -0.39 is 0 Å². The number of hydrogen-bond acceptors (Lipinski definition) is 3. The molecule has 0 unspecified atom stereocenters. The predicted molar refractivity (Wildman–Crippen MR) is 79.2 cm³/mol. The van der Waals surface area contributed by atoms with Gasteiger partial charge in [-0.05, 0) is 41.0 Å². The summed E-state index contributed by atoms with van der Waals surface area (Å²) < 4.78 is 9.97. The van der Waals surface area contributed by atoms with Crippen molar-refractivity contribution >= 4 is 17.6 Å². The zero-order valence-corrected chi connectivity index (χ0v) is 12.1. The van der Waals surface area contributed by atoms with E-state index in [2.05, 4.69) is 0 Å². The van der Waals surface area contributed by atoms with Crippen molar-refractivity contribution in [3.63, 3.8) is 0 Å². The Labute approximate surface area is 123 Å². The van der Waals surface area contributed by atoms with Crippen LogP contribution in [0.1, 0.15) is 5.56 Å². The summed E-state index contributed by atoms with van der Waals surface area (Å²) in [6, 6.07) is 13.1. The lowest BCUT2D eigenvalue weighted by molar-refractivity contribution is -0.139. The van der Waals surface area contributed by atoms with E-state index in [0.717, 1.165) is 22.4 Å². The molecule has 2 rings (SSSR count). The lowest BCUT2D eigenvalue weighted by Crippen LogP contribution is -2.05. The highest BCUT2D eigenvalue weighted by Crippen LogP contribution is 2.29. The number of benzene rings is 2. The molecule has 0 N–H and O–H groups in total. The molecule has 3 nitrogen and oxygen atoms in total. The predicted octanol–water partition coefficient (Wildman–Crippen LogP) is 3.73. The molecule has 0 aromatic heterocycles. The number of esters is 1. The number of methoxy groups -OCH3 is 2. The van der Waals surface area contributed by atoms with Crippen LogP contribution in [0.5, 0.6) is 5.75 Å². The van der Waals surface area contributed by atoms with E-state index in [9.17, 15) is 4.79 Å². The third kappa shape index (κ3) is 3.31. The maximum absolute atomic E-state index is 11.5. The van der Waals surface area contributed by atoms with Crippen molar-refractivity contribution in [1.29, 1.82) is 0 Å². The molecule has 0 saturated carbocycles. The second-order valence-corrected chi connectivity index (χ2v) is 4.72. The third-order valence-corrected chi connectivity index (χ3v) is 3.29. The number of carbonyl (C=O) groups is 1. The van der Waals surface area contributed by atoms with Crippen molar-refractivity contribution in [2.75, 3.05) is 14.2 Å². The molecule has 0 atom stereocenters. The molecule has 0 saturated heterocycles. The first-order chi connectivity index (χ1) is 9.63. The fourth-order valence-electron chi connectivity index (χ4n) is 1.96. The van der Waals surface area contributed by atoms with Gasteiger partial charge in [0.15, 0.2) is 0 Å². The van der Waals surface area contributed by atoms with Gasteiger partial charge in [-0.3, -0.25) is 4.79 Å². The highest BCUT2D eigenvalue weighted by atomic mass is 35.5. The van der Waals surface area contributed by atoms with Crippen LogP contribution in [0.2, 0.25) is 5.02 Å². The van der Waals surface area contributed by atoms with Gasteiger partial charge in [0.2, 0.25) is 0 Å². The fourth-order valence-corrected chi connectivity index (χ4v) is 2.09. The number of hydrogen-bond donors (Lipinski definition) is 0. The van der Waals surface area contributed by atoms with Crippen LogP contribution in [0, 0.1) is 0 Å². The number of rotatable bonds is 4. The van der Waals surface area contributed by atoms with Gasteiger partial charge in [0.25, 0.3) is 0 Å². The molecule has 2 aromatic carbocycles. The molecule has 20 heavy (non-hydrogen) atoms. The van der Waals surface area contributed by atoms with Crippen LogP contribution in [0.25, 0.3) is 11.1 Å². The zero-order valence-electron chi connectivity index (χ0n) is 11.4. The fraction of sp³-hybridized carbons (Fsp3) is 0.188. The SMILES string of the molecule is COC(=O)Cc1ccc(OC)cc1-c1ccc(Cl)cc1. The molecule has 4 heteroatoms. The quantitative estimate of drug-likeness (QED) is 0.805. The maximum atomic E-state index is 11.5. The van der Waals surface area contributed by atoms with Crippen molar-refractivity contribution in [2.24, 2.45) is 0 Å². The largest absolute Gasteiger partial charge is 0.497 e. The van der Waals surface area contributed by atoms with Crippen LogP contribution in [0.3, 0.4) is 0 Å². The third-order valence-electron chi connectivity index (χ3n) is 3.03. The summed E-state index contributed by atoms with van der Waals surface area (Å²) in [4.78, 5) is 11.5. The first kappa shape index (κ1) is 14.4. The number of halogens is 1. The van der Waals surface area contributed by atoms with E-state index >= 15 is 0 Å². The Morgan fingerprint density at radius 3 is 2.40 bits per heavy atom. The summed E-state index contributed by atoms with van der Waals surface area (Å²) in [5.41, 5.74) is 2.80. The molecule has 2 aromatic rings. The lowest BCUT2D eigenvalue weighted by atomic mass is 9.97. The Hall–Kier alpha value is -2.00. The van der Waals surface area contributed by atoms with E-state index in [1.54, 1.807) is 7.11 Å². The average Bonchev–Trinajstić information content (AvgIpc) is 2.48. The monoisotopic (exact) mass is 290 g/mol. The zero-order chi connectivity index (χ0) is 14.5. The summed E-state index contributed by atoms with van der Waals surface area (Å²) in [7, 11) is 2.99. The van der Waals surface area contributed by atoms with E-state index in [1.165, 1.54) is 7.11 Å². The molecule has 0 spiro atoms. The van der Waals surface area contributed by atoms with Crippen LogP contribution in [-0.2, 0) is 16.0 Å². The number of ether oxygens (including phenoxy) is 2. The summed E-state index contributed by atoms with van der Waals surface area (Å²) >= 11 is 5.91. The van der Waals surface area contributed by atoms with Gasteiger partial charge in [-0.15, -0.1) is 0 Å². The van der Waals surface area contributed by atoms with Gasteiger partial charge in [0.1, 0.15) is 5.75 Å². The standard InChI is InChI=1S/C16H15ClO3/c1-19-14-8-5-12(9-16(18)20-2)15(10-14)11-3-6-13(17)7-4-11/h3-8,10H,9H2,1-2H3. The van der Waals surface area contributed by atoms with E-state index in [1.807, 2.05) is 42.5 Å². The Morgan fingerprint density at radius 1 is 1.10 bits per heavy atom. The van der Waals surface area contributed by atoms with Crippen LogP contribution in [-0.4, -0.2) is 20.2 Å². The Morgan fingerprint density at radius 2 is 1.80 bits per heavy atom. The minimum atomic E-state index is -0.273. The molecule has 0 aliphatic carbocycles. The molecule has 0 aliphatic rings. The molecular weight excluding hydrogens is 276 g/mol. The molecule has 104 valence electrons. The lowest BCUT2D eigenvalue weighted by Gasteiger charge is -2.11. The summed E-state index contributed by atoms with van der Waals surface area (Å²) in [6.45, 7) is 0. The Bertz CT molecular complexity index is 606. The van der Waals surface area contributed by atoms with Gasteiger partial charge < -0.3 is 9.47 Å². The van der Waals surface area contributed by atoms with Crippen molar-refractivity contribution < 1.29 is 14.3 Å². The second-order valence-electron chi connectivity index (χ2n) is 4.28. The molecule has 0 amide bonds. The molecule has 0 aliphatic heterocycles. The van der Waals surface area contributed by atoms with Gasteiger partial charge in [0.05, 0.1) is 20.6 Å². The number of carbonyl (C=O) groups excluding carboxylic acids is 1. The van der Waals surface area contributed by atoms with Gasteiger partial charge in [-0.2, -0.15) is 0 Å². The van der Waals surface area contributed by atoms with Crippen molar-refractivity contribution in [2.45, 2.75) is 6.42 Å². The van der Waals surface area contributed by atoms with Gasteiger partial charge in [-0.25, -0.2) is 0 Å². The topological polar surface area (TPSA) is 35.5 Å². The normalized spacial score (nSPS) is 10.2. The van der Waals surface area contributed by atoms with Crippen molar-refractivity contribution in [1.82, 2.24) is 0 Å². The minimum Gasteiger partial charge on any atom is -0.497 e. The Balaban J connectivity index is 2.46.